The molecule has 2 atom stereocenters. The normalized spacial score (nSPS) is 14.9. The Bertz CT molecular complexity index is 261. The Morgan fingerprint density at radius 3 is 2.53 bits per heavy atom. The van der Waals surface area contributed by atoms with Gasteiger partial charge in [0.05, 0.1) is 19.3 Å². The molecule has 15 heavy (non-hydrogen) atoms. The fraction of sp³-hybridized carbons (Fsp3) is 0.500. The molecule has 0 saturated carbocycles. The molecule has 1 aromatic rings. The first-order chi connectivity index (χ1) is 7.24. The molecule has 3 nitrogen and oxygen atoms in total. The van der Waals surface area contributed by atoms with E-state index < -0.39 is 6.10 Å². The average molecular weight is 210 g/mol. The second kappa shape index (κ2) is 6.56. The minimum Gasteiger partial charge on any atom is -0.396 e. The van der Waals surface area contributed by atoms with E-state index in [1.165, 1.54) is 0 Å². The molecule has 0 bridgehead atoms. The molecule has 84 valence electrons. The number of hydrogen-bond donors (Lipinski definition) is 2. The zero-order valence-corrected chi connectivity index (χ0v) is 8.97. The van der Waals surface area contributed by atoms with Gasteiger partial charge >= 0.3 is 0 Å². The minimum absolute atomic E-state index is 0.0180. The quantitative estimate of drug-likeness (QED) is 0.741. The lowest BCUT2D eigenvalue weighted by Gasteiger charge is -2.16. The van der Waals surface area contributed by atoms with Crippen molar-refractivity contribution in [1.82, 2.24) is 0 Å². The van der Waals surface area contributed by atoms with Crippen molar-refractivity contribution in [2.24, 2.45) is 5.92 Å². The summed E-state index contributed by atoms with van der Waals surface area (Å²) in [5.74, 6) is -0.138. The van der Waals surface area contributed by atoms with E-state index in [1.54, 1.807) is 6.92 Å². The smallest absolute Gasteiger partial charge is 0.0821 e. The Kier molecular flexibility index (Phi) is 5.32. The monoisotopic (exact) mass is 210 g/mol. The molecule has 0 aliphatic carbocycles. The molecule has 0 aliphatic rings. The van der Waals surface area contributed by atoms with Gasteiger partial charge in [-0.05, 0) is 5.56 Å². The summed E-state index contributed by atoms with van der Waals surface area (Å²) in [6, 6.07) is 9.80. The largest absolute Gasteiger partial charge is 0.396 e. The predicted molar refractivity (Wildman–Crippen MR) is 58.4 cm³/mol. The average Bonchev–Trinajstić information content (AvgIpc) is 2.29. The molecule has 1 aromatic carbocycles. The lowest BCUT2D eigenvalue weighted by Crippen LogP contribution is -2.26. The Hall–Kier alpha value is -0.900. The molecule has 0 fully saturated rings. The van der Waals surface area contributed by atoms with Gasteiger partial charge in [0.1, 0.15) is 0 Å². The highest BCUT2D eigenvalue weighted by atomic mass is 16.5. The van der Waals surface area contributed by atoms with Crippen molar-refractivity contribution in [2.75, 3.05) is 13.2 Å². The molecule has 0 radical (unpaired) electrons. The second-order valence-electron chi connectivity index (χ2n) is 3.73. The summed E-state index contributed by atoms with van der Waals surface area (Å²) in [4.78, 5) is 0. The molecule has 0 amide bonds. The van der Waals surface area contributed by atoms with Gasteiger partial charge < -0.3 is 14.9 Å². The molecule has 2 N–H and O–H groups in total. The highest BCUT2D eigenvalue weighted by molar-refractivity contribution is 5.13. The van der Waals surface area contributed by atoms with Gasteiger partial charge in [-0.25, -0.2) is 0 Å². The molecular formula is C12H18O3. The van der Waals surface area contributed by atoms with E-state index in [2.05, 4.69) is 0 Å². The van der Waals surface area contributed by atoms with E-state index >= 15 is 0 Å². The Balaban J connectivity index is 2.22. The number of aliphatic hydroxyl groups excluding tert-OH is 2. The van der Waals surface area contributed by atoms with Gasteiger partial charge in [-0.1, -0.05) is 37.3 Å². The van der Waals surface area contributed by atoms with Crippen LogP contribution < -0.4 is 0 Å². The van der Waals surface area contributed by atoms with Gasteiger partial charge in [0.25, 0.3) is 0 Å². The van der Waals surface area contributed by atoms with Gasteiger partial charge in [0.2, 0.25) is 0 Å². The van der Waals surface area contributed by atoms with Crippen LogP contribution >= 0.6 is 0 Å². The summed E-state index contributed by atoms with van der Waals surface area (Å²) in [6.45, 7) is 2.53. The zero-order valence-electron chi connectivity index (χ0n) is 8.97. The van der Waals surface area contributed by atoms with Crippen LogP contribution in [-0.2, 0) is 11.3 Å². The van der Waals surface area contributed by atoms with E-state index in [4.69, 9.17) is 9.84 Å². The van der Waals surface area contributed by atoms with Crippen LogP contribution in [0.4, 0.5) is 0 Å². The summed E-state index contributed by atoms with van der Waals surface area (Å²) >= 11 is 0. The maximum absolute atomic E-state index is 9.51. The first-order valence-corrected chi connectivity index (χ1v) is 5.14. The highest BCUT2D eigenvalue weighted by Crippen LogP contribution is 2.05. The van der Waals surface area contributed by atoms with Crippen molar-refractivity contribution in [3.63, 3.8) is 0 Å². The van der Waals surface area contributed by atoms with Crippen LogP contribution in [0.15, 0.2) is 30.3 Å². The molecule has 0 saturated heterocycles. The molecule has 1 rings (SSSR count). The second-order valence-corrected chi connectivity index (χ2v) is 3.73. The van der Waals surface area contributed by atoms with Gasteiger partial charge in [0, 0.05) is 12.5 Å². The Morgan fingerprint density at radius 2 is 1.93 bits per heavy atom. The Morgan fingerprint density at radius 1 is 1.27 bits per heavy atom. The van der Waals surface area contributed by atoms with Gasteiger partial charge in [-0.2, -0.15) is 0 Å². The topological polar surface area (TPSA) is 49.7 Å². The van der Waals surface area contributed by atoms with E-state index in [0.29, 0.717) is 6.61 Å². The Labute approximate surface area is 90.3 Å². The molecule has 0 spiro atoms. The first kappa shape index (κ1) is 12.2. The van der Waals surface area contributed by atoms with E-state index in [-0.39, 0.29) is 19.1 Å². The molecule has 0 aromatic heterocycles. The molecule has 0 heterocycles. The summed E-state index contributed by atoms with van der Waals surface area (Å²) in [5.41, 5.74) is 1.08. The van der Waals surface area contributed by atoms with Crippen LogP contribution in [0.2, 0.25) is 0 Å². The number of ether oxygens (including phenoxy) is 1. The van der Waals surface area contributed by atoms with Crippen molar-refractivity contribution >= 4 is 0 Å². The molecule has 3 heteroatoms. The van der Waals surface area contributed by atoms with E-state index in [1.807, 2.05) is 30.3 Å². The third-order valence-corrected chi connectivity index (χ3v) is 2.34. The number of benzene rings is 1. The fourth-order valence-corrected chi connectivity index (χ4v) is 1.16. The minimum atomic E-state index is -0.598. The van der Waals surface area contributed by atoms with Crippen LogP contribution in [0, 0.1) is 5.92 Å². The summed E-state index contributed by atoms with van der Waals surface area (Å²) in [6.07, 6.45) is -0.598. The fourth-order valence-electron chi connectivity index (χ4n) is 1.16. The van der Waals surface area contributed by atoms with Crippen LogP contribution in [0.3, 0.4) is 0 Å². The van der Waals surface area contributed by atoms with Gasteiger partial charge in [-0.15, -0.1) is 0 Å². The number of aliphatic hydroxyl groups is 2. The number of hydrogen-bond acceptors (Lipinski definition) is 3. The summed E-state index contributed by atoms with van der Waals surface area (Å²) in [5, 5.41) is 18.3. The number of rotatable bonds is 6. The standard InChI is InChI=1S/C12H18O3/c1-10(7-13)12(14)9-15-8-11-5-3-2-4-6-11/h2-6,10,12-14H,7-9H2,1H3. The molecular weight excluding hydrogens is 192 g/mol. The van der Waals surface area contributed by atoms with Crippen molar-refractivity contribution < 1.29 is 14.9 Å². The summed E-state index contributed by atoms with van der Waals surface area (Å²) < 4.78 is 5.34. The van der Waals surface area contributed by atoms with Gasteiger partial charge in [0.15, 0.2) is 0 Å². The molecule has 2 unspecified atom stereocenters. The molecule has 0 aliphatic heterocycles. The van der Waals surface area contributed by atoms with Gasteiger partial charge in [-0.3, -0.25) is 0 Å². The lowest BCUT2D eigenvalue weighted by molar-refractivity contribution is -0.0109. The summed E-state index contributed by atoms with van der Waals surface area (Å²) in [7, 11) is 0. The van der Waals surface area contributed by atoms with E-state index in [0.717, 1.165) is 5.56 Å². The zero-order chi connectivity index (χ0) is 11.1. The van der Waals surface area contributed by atoms with Crippen molar-refractivity contribution in [3.8, 4) is 0 Å². The van der Waals surface area contributed by atoms with E-state index in [9.17, 15) is 5.11 Å². The van der Waals surface area contributed by atoms with Crippen molar-refractivity contribution in [3.05, 3.63) is 35.9 Å². The maximum Gasteiger partial charge on any atom is 0.0821 e. The third-order valence-electron chi connectivity index (χ3n) is 2.34. The maximum atomic E-state index is 9.51. The highest BCUT2D eigenvalue weighted by Gasteiger charge is 2.12. The SMILES string of the molecule is CC(CO)C(O)COCc1ccccc1. The predicted octanol–water partition coefficient (Wildman–Crippen LogP) is 1.19. The van der Waals surface area contributed by atoms with Crippen molar-refractivity contribution in [2.45, 2.75) is 19.6 Å². The van der Waals surface area contributed by atoms with Crippen LogP contribution in [0.1, 0.15) is 12.5 Å². The first-order valence-electron chi connectivity index (χ1n) is 5.14. The van der Waals surface area contributed by atoms with Crippen LogP contribution in [0.5, 0.6) is 0 Å². The van der Waals surface area contributed by atoms with Crippen molar-refractivity contribution in [1.29, 1.82) is 0 Å². The van der Waals surface area contributed by atoms with Crippen LogP contribution in [-0.4, -0.2) is 29.5 Å². The van der Waals surface area contributed by atoms with Crippen LogP contribution in [0.25, 0.3) is 0 Å². The third kappa shape index (κ3) is 4.42. The lowest BCUT2D eigenvalue weighted by atomic mass is 10.1.